The molecule has 3 heteroatoms. The van der Waals surface area contributed by atoms with Crippen LogP contribution in [0.3, 0.4) is 0 Å². The normalized spacial score (nSPS) is 14.6. The SMILES string of the molecule is Oc1ccc(C(=C(CCCBr)C2CCCC2)c2ccc(O)cc2)cc1. The van der Waals surface area contributed by atoms with Crippen LogP contribution in [0.2, 0.25) is 0 Å². The third-order valence-electron chi connectivity index (χ3n) is 5.06. The highest BCUT2D eigenvalue weighted by molar-refractivity contribution is 9.09. The lowest BCUT2D eigenvalue weighted by Gasteiger charge is -2.22. The van der Waals surface area contributed by atoms with Crippen LogP contribution in [0.5, 0.6) is 11.5 Å². The number of hydrogen-bond acceptors (Lipinski definition) is 2. The van der Waals surface area contributed by atoms with Crippen LogP contribution in [0.1, 0.15) is 49.7 Å². The van der Waals surface area contributed by atoms with Crippen LogP contribution in [0.25, 0.3) is 5.57 Å². The third kappa shape index (κ3) is 4.46. The van der Waals surface area contributed by atoms with Crippen LogP contribution in [0.15, 0.2) is 54.1 Å². The zero-order valence-corrected chi connectivity index (χ0v) is 16.0. The highest BCUT2D eigenvalue weighted by Gasteiger charge is 2.23. The van der Waals surface area contributed by atoms with Gasteiger partial charge in [0.2, 0.25) is 0 Å². The number of aromatic hydroxyl groups is 2. The summed E-state index contributed by atoms with van der Waals surface area (Å²) in [5, 5.41) is 20.4. The molecule has 1 fully saturated rings. The molecule has 0 amide bonds. The molecule has 1 saturated carbocycles. The number of phenols is 2. The maximum absolute atomic E-state index is 9.68. The van der Waals surface area contributed by atoms with Gasteiger partial charge in [-0.1, -0.05) is 58.6 Å². The average molecular weight is 401 g/mol. The van der Waals surface area contributed by atoms with E-state index in [1.165, 1.54) is 36.8 Å². The van der Waals surface area contributed by atoms with Gasteiger partial charge >= 0.3 is 0 Å². The van der Waals surface area contributed by atoms with Gasteiger partial charge in [0.1, 0.15) is 11.5 Å². The van der Waals surface area contributed by atoms with Gasteiger partial charge in [-0.2, -0.15) is 0 Å². The number of rotatable bonds is 6. The molecule has 0 unspecified atom stereocenters. The van der Waals surface area contributed by atoms with Crippen LogP contribution in [0.4, 0.5) is 0 Å². The Morgan fingerprint density at radius 3 is 1.76 bits per heavy atom. The van der Waals surface area contributed by atoms with E-state index in [1.807, 2.05) is 24.3 Å². The predicted octanol–water partition coefficient (Wildman–Crippen LogP) is 6.27. The molecular weight excluding hydrogens is 376 g/mol. The van der Waals surface area contributed by atoms with Crippen molar-refractivity contribution in [1.29, 1.82) is 0 Å². The number of alkyl halides is 1. The van der Waals surface area contributed by atoms with Crippen molar-refractivity contribution in [3.8, 4) is 11.5 Å². The Bertz CT molecular complexity index is 663. The first kappa shape index (κ1) is 18.1. The lowest BCUT2D eigenvalue weighted by Crippen LogP contribution is -2.05. The highest BCUT2D eigenvalue weighted by atomic mass is 79.9. The van der Waals surface area contributed by atoms with E-state index in [9.17, 15) is 10.2 Å². The maximum Gasteiger partial charge on any atom is 0.115 e. The Kier molecular flexibility index (Phi) is 6.19. The Morgan fingerprint density at radius 1 is 0.840 bits per heavy atom. The van der Waals surface area contributed by atoms with E-state index < -0.39 is 0 Å². The van der Waals surface area contributed by atoms with E-state index in [4.69, 9.17) is 0 Å². The van der Waals surface area contributed by atoms with Crippen molar-refractivity contribution in [3.05, 3.63) is 65.2 Å². The van der Waals surface area contributed by atoms with Crippen molar-refractivity contribution in [2.45, 2.75) is 38.5 Å². The summed E-state index contributed by atoms with van der Waals surface area (Å²) in [4.78, 5) is 0. The van der Waals surface area contributed by atoms with E-state index in [0.717, 1.165) is 29.3 Å². The summed E-state index contributed by atoms with van der Waals surface area (Å²) in [7, 11) is 0. The van der Waals surface area contributed by atoms with E-state index in [-0.39, 0.29) is 11.5 Å². The Hall–Kier alpha value is -1.74. The number of allylic oxidation sites excluding steroid dienone is 1. The molecule has 1 aliphatic carbocycles. The molecule has 2 N–H and O–H groups in total. The molecule has 0 radical (unpaired) electrons. The summed E-state index contributed by atoms with van der Waals surface area (Å²) in [5.41, 5.74) is 5.07. The molecule has 0 saturated heterocycles. The molecule has 0 heterocycles. The van der Waals surface area contributed by atoms with E-state index >= 15 is 0 Å². The quantitative estimate of drug-likeness (QED) is 0.561. The van der Waals surface area contributed by atoms with Gasteiger partial charge in [-0.25, -0.2) is 0 Å². The largest absolute Gasteiger partial charge is 0.508 e. The van der Waals surface area contributed by atoms with Gasteiger partial charge in [0.05, 0.1) is 0 Å². The van der Waals surface area contributed by atoms with Crippen LogP contribution in [0, 0.1) is 5.92 Å². The van der Waals surface area contributed by atoms with Crippen molar-refractivity contribution in [3.63, 3.8) is 0 Å². The lowest BCUT2D eigenvalue weighted by atomic mass is 9.83. The maximum atomic E-state index is 9.68. The van der Waals surface area contributed by atoms with Crippen LogP contribution >= 0.6 is 15.9 Å². The Balaban J connectivity index is 2.14. The van der Waals surface area contributed by atoms with E-state index in [1.54, 1.807) is 24.3 Å². The van der Waals surface area contributed by atoms with Gasteiger partial charge in [0.25, 0.3) is 0 Å². The first-order valence-corrected chi connectivity index (χ1v) is 10.2. The molecule has 2 aromatic rings. The zero-order chi connectivity index (χ0) is 17.6. The first-order chi connectivity index (χ1) is 12.2. The molecule has 3 rings (SSSR count). The second-order valence-electron chi connectivity index (χ2n) is 6.77. The molecule has 0 bridgehead atoms. The summed E-state index contributed by atoms with van der Waals surface area (Å²) < 4.78 is 0. The summed E-state index contributed by atoms with van der Waals surface area (Å²) >= 11 is 3.58. The topological polar surface area (TPSA) is 40.5 Å². The molecule has 25 heavy (non-hydrogen) atoms. The number of phenolic OH excluding ortho intramolecular Hbond substituents is 2. The molecule has 2 nitrogen and oxygen atoms in total. The average Bonchev–Trinajstić information content (AvgIpc) is 3.15. The minimum absolute atomic E-state index is 0.289. The van der Waals surface area contributed by atoms with Crippen molar-refractivity contribution in [2.24, 2.45) is 5.92 Å². The van der Waals surface area contributed by atoms with Gasteiger partial charge in [0, 0.05) is 5.33 Å². The standard InChI is InChI=1S/C22H25BrO2/c23-15-3-6-21(16-4-1-2-5-16)22(17-7-11-19(24)12-8-17)18-9-13-20(25)14-10-18/h7-14,16,24-25H,1-6,15H2. The Labute approximate surface area is 158 Å². The van der Waals surface area contributed by atoms with Crippen molar-refractivity contribution < 1.29 is 10.2 Å². The van der Waals surface area contributed by atoms with Crippen molar-refractivity contribution >= 4 is 21.5 Å². The Morgan fingerprint density at radius 2 is 1.32 bits per heavy atom. The molecule has 2 aromatic carbocycles. The monoisotopic (exact) mass is 400 g/mol. The molecule has 0 spiro atoms. The smallest absolute Gasteiger partial charge is 0.115 e. The third-order valence-corrected chi connectivity index (χ3v) is 5.62. The second-order valence-corrected chi connectivity index (χ2v) is 7.56. The summed E-state index contributed by atoms with van der Waals surface area (Å²) in [5.74, 6) is 1.21. The first-order valence-electron chi connectivity index (χ1n) is 9.07. The van der Waals surface area contributed by atoms with Gasteiger partial charge < -0.3 is 10.2 Å². The lowest BCUT2D eigenvalue weighted by molar-refractivity contribution is 0.475. The molecule has 0 aliphatic heterocycles. The van der Waals surface area contributed by atoms with Gasteiger partial charge in [-0.15, -0.1) is 0 Å². The summed E-state index contributed by atoms with van der Waals surface area (Å²) in [6.45, 7) is 0. The summed E-state index contributed by atoms with van der Waals surface area (Å²) in [6.07, 6.45) is 7.33. The van der Waals surface area contributed by atoms with Gasteiger partial charge in [-0.05, 0) is 72.6 Å². The van der Waals surface area contributed by atoms with Crippen molar-refractivity contribution in [2.75, 3.05) is 5.33 Å². The number of halogens is 1. The fourth-order valence-corrected chi connectivity index (χ4v) is 4.14. The van der Waals surface area contributed by atoms with Gasteiger partial charge in [-0.3, -0.25) is 0 Å². The molecule has 1 aliphatic rings. The molecule has 0 aromatic heterocycles. The summed E-state index contributed by atoms with van der Waals surface area (Å²) in [6, 6.07) is 15.0. The van der Waals surface area contributed by atoms with Crippen LogP contribution in [-0.2, 0) is 0 Å². The minimum atomic E-state index is 0.289. The van der Waals surface area contributed by atoms with E-state index in [2.05, 4.69) is 15.9 Å². The van der Waals surface area contributed by atoms with Gasteiger partial charge in [0.15, 0.2) is 0 Å². The minimum Gasteiger partial charge on any atom is -0.508 e. The second kappa shape index (κ2) is 8.57. The fraction of sp³-hybridized carbons (Fsp3) is 0.364. The van der Waals surface area contributed by atoms with Crippen molar-refractivity contribution in [1.82, 2.24) is 0 Å². The number of hydrogen-bond donors (Lipinski definition) is 2. The molecular formula is C22H25BrO2. The predicted molar refractivity (Wildman–Crippen MR) is 107 cm³/mol. The number of benzene rings is 2. The van der Waals surface area contributed by atoms with Crippen LogP contribution < -0.4 is 0 Å². The highest BCUT2D eigenvalue weighted by Crippen LogP contribution is 2.40. The van der Waals surface area contributed by atoms with E-state index in [0.29, 0.717) is 5.92 Å². The molecule has 0 atom stereocenters. The molecule has 132 valence electrons. The van der Waals surface area contributed by atoms with Crippen LogP contribution in [-0.4, -0.2) is 15.5 Å². The zero-order valence-electron chi connectivity index (χ0n) is 14.4. The fourth-order valence-electron chi connectivity index (χ4n) is 3.86.